The molecule has 12 heteroatoms. The van der Waals surface area contributed by atoms with Crippen LogP contribution in [0.25, 0.3) is 0 Å². The van der Waals surface area contributed by atoms with Crippen LogP contribution in [0.3, 0.4) is 0 Å². The molecule has 0 radical (unpaired) electrons. The van der Waals surface area contributed by atoms with Gasteiger partial charge in [-0.25, -0.2) is 9.46 Å². The minimum Gasteiger partial charge on any atom is -0.320 e. The predicted octanol–water partition coefficient (Wildman–Crippen LogP) is 2.50. The molecule has 0 spiro atoms. The number of amides is 2. The molecule has 0 aromatic heterocycles. The van der Waals surface area contributed by atoms with Crippen molar-refractivity contribution in [1.29, 1.82) is 0 Å². The predicted molar refractivity (Wildman–Crippen MR) is 109 cm³/mol. The molecule has 0 aliphatic heterocycles. The third-order valence-electron chi connectivity index (χ3n) is 4.16. The lowest BCUT2D eigenvalue weighted by Crippen LogP contribution is -2.51. The van der Waals surface area contributed by atoms with E-state index in [1.807, 2.05) is 20.8 Å². The second-order valence-corrected chi connectivity index (χ2v) is 8.44. The van der Waals surface area contributed by atoms with Crippen molar-refractivity contribution in [1.82, 2.24) is 0 Å². The number of phosphoric acid groups is 1. The van der Waals surface area contributed by atoms with E-state index in [1.54, 1.807) is 0 Å². The summed E-state index contributed by atoms with van der Waals surface area (Å²) in [6.07, 6.45) is -0.328. The Morgan fingerprint density at radius 1 is 1.23 bits per heavy atom. The fourth-order valence-corrected chi connectivity index (χ4v) is 3.31. The van der Waals surface area contributed by atoms with E-state index in [4.69, 9.17) is 5.73 Å². The standard InChI is InChI=1S/C18H28N3O8P/c1-4-5-6-16(29-30(26,27)28)18(23)20(17(22)15(19)11-12(2)3)13-7-9-14(10-8-13)21(24)25/h7-10,12,15-16H,4-6,11,19H2,1-3H3,(H2,26,27,28). The molecule has 2 amide bonds. The smallest absolute Gasteiger partial charge is 0.320 e. The highest BCUT2D eigenvalue weighted by atomic mass is 31.2. The quantitative estimate of drug-likeness (QED) is 0.263. The lowest BCUT2D eigenvalue weighted by atomic mass is 10.0. The summed E-state index contributed by atoms with van der Waals surface area (Å²) in [4.78, 5) is 55.4. The Morgan fingerprint density at radius 3 is 2.23 bits per heavy atom. The maximum absolute atomic E-state index is 13.1. The topological polar surface area (TPSA) is 173 Å². The Balaban J connectivity index is 3.37. The molecule has 30 heavy (non-hydrogen) atoms. The summed E-state index contributed by atoms with van der Waals surface area (Å²) >= 11 is 0. The number of non-ortho nitro benzene ring substituents is 1. The van der Waals surface area contributed by atoms with Crippen molar-refractivity contribution in [3.8, 4) is 0 Å². The van der Waals surface area contributed by atoms with Crippen LogP contribution in [0.15, 0.2) is 24.3 Å². The van der Waals surface area contributed by atoms with Gasteiger partial charge in [0.15, 0.2) is 0 Å². The van der Waals surface area contributed by atoms with Crippen LogP contribution in [-0.2, 0) is 18.7 Å². The minimum atomic E-state index is -5.02. The lowest BCUT2D eigenvalue weighted by molar-refractivity contribution is -0.384. The van der Waals surface area contributed by atoms with Crippen LogP contribution in [0.1, 0.15) is 46.5 Å². The normalized spacial score (nSPS) is 13.7. The first-order chi connectivity index (χ1) is 13.9. The number of benzene rings is 1. The highest BCUT2D eigenvalue weighted by molar-refractivity contribution is 7.46. The van der Waals surface area contributed by atoms with E-state index in [1.165, 1.54) is 12.1 Å². The van der Waals surface area contributed by atoms with E-state index in [0.717, 1.165) is 12.1 Å². The first kappa shape index (κ1) is 25.9. The number of nitrogens with zero attached hydrogens (tertiary/aromatic N) is 2. The molecular weight excluding hydrogens is 417 g/mol. The van der Waals surface area contributed by atoms with Gasteiger partial charge in [-0.2, -0.15) is 0 Å². The lowest BCUT2D eigenvalue weighted by Gasteiger charge is -2.28. The fourth-order valence-electron chi connectivity index (χ4n) is 2.78. The van der Waals surface area contributed by atoms with Crippen LogP contribution < -0.4 is 10.6 Å². The van der Waals surface area contributed by atoms with Crippen LogP contribution >= 0.6 is 7.82 Å². The van der Waals surface area contributed by atoms with Gasteiger partial charge in [0, 0.05) is 12.1 Å². The van der Waals surface area contributed by atoms with Gasteiger partial charge in [-0.05, 0) is 30.9 Å². The van der Waals surface area contributed by atoms with E-state index in [2.05, 4.69) is 4.52 Å². The van der Waals surface area contributed by atoms with Crippen LogP contribution in [0.4, 0.5) is 11.4 Å². The van der Waals surface area contributed by atoms with Crippen molar-refractivity contribution in [3.05, 3.63) is 34.4 Å². The summed E-state index contributed by atoms with van der Waals surface area (Å²) < 4.78 is 16.0. The van der Waals surface area contributed by atoms with Gasteiger partial charge < -0.3 is 15.5 Å². The number of imide groups is 1. The first-order valence-corrected chi connectivity index (χ1v) is 11.0. The number of anilines is 1. The van der Waals surface area contributed by atoms with Gasteiger partial charge >= 0.3 is 7.82 Å². The van der Waals surface area contributed by atoms with Crippen molar-refractivity contribution >= 4 is 31.0 Å². The van der Waals surface area contributed by atoms with Crippen molar-refractivity contribution in [2.45, 2.75) is 58.6 Å². The third-order valence-corrected chi connectivity index (χ3v) is 4.69. The zero-order valence-corrected chi connectivity index (χ0v) is 18.0. The Kier molecular flexibility index (Phi) is 9.73. The summed E-state index contributed by atoms with van der Waals surface area (Å²) in [5.41, 5.74) is 5.69. The summed E-state index contributed by atoms with van der Waals surface area (Å²) in [5.74, 6) is -1.75. The second-order valence-electron chi connectivity index (χ2n) is 7.25. The number of nitro benzene ring substituents is 1. The van der Waals surface area contributed by atoms with Gasteiger partial charge in [-0.15, -0.1) is 0 Å². The number of carbonyl (C=O) groups excluding carboxylic acids is 2. The first-order valence-electron chi connectivity index (χ1n) is 9.49. The maximum atomic E-state index is 13.1. The molecule has 0 saturated carbocycles. The molecule has 0 aliphatic carbocycles. The highest BCUT2D eigenvalue weighted by Gasteiger charge is 2.36. The Bertz CT molecular complexity index is 793. The summed E-state index contributed by atoms with van der Waals surface area (Å²) in [6, 6.07) is 3.56. The number of unbranched alkanes of at least 4 members (excludes halogenated alkanes) is 1. The zero-order chi connectivity index (χ0) is 23.1. The monoisotopic (exact) mass is 445 g/mol. The number of carbonyl (C=O) groups is 2. The van der Waals surface area contributed by atoms with Crippen molar-refractivity contribution < 1.29 is 33.4 Å². The van der Waals surface area contributed by atoms with Gasteiger partial charge in [-0.1, -0.05) is 33.6 Å². The van der Waals surface area contributed by atoms with Crippen molar-refractivity contribution in [2.75, 3.05) is 4.90 Å². The highest BCUT2D eigenvalue weighted by Crippen LogP contribution is 2.39. The summed E-state index contributed by atoms with van der Waals surface area (Å²) in [7, 11) is -5.02. The molecule has 0 fully saturated rings. The molecule has 11 nitrogen and oxygen atoms in total. The molecule has 1 aromatic rings. The largest absolute Gasteiger partial charge is 0.470 e. The minimum absolute atomic E-state index is 0.00869. The van der Waals surface area contributed by atoms with Gasteiger partial charge in [-0.3, -0.25) is 24.2 Å². The van der Waals surface area contributed by atoms with Crippen LogP contribution in [0.5, 0.6) is 0 Å². The van der Waals surface area contributed by atoms with E-state index in [0.29, 0.717) is 17.7 Å². The van der Waals surface area contributed by atoms with Crippen LogP contribution in [-0.4, -0.2) is 38.7 Å². The summed E-state index contributed by atoms with van der Waals surface area (Å²) in [5, 5.41) is 10.9. The van der Waals surface area contributed by atoms with Crippen LogP contribution in [0, 0.1) is 16.0 Å². The van der Waals surface area contributed by atoms with Crippen molar-refractivity contribution in [2.24, 2.45) is 11.7 Å². The zero-order valence-electron chi connectivity index (χ0n) is 17.1. The molecule has 0 aliphatic rings. The fraction of sp³-hybridized carbons (Fsp3) is 0.556. The summed E-state index contributed by atoms with van der Waals surface area (Å²) in [6.45, 7) is 5.50. The number of hydrogen-bond acceptors (Lipinski definition) is 7. The number of hydrogen-bond donors (Lipinski definition) is 3. The SMILES string of the molecule is CCCCC(OP(=O)(O)O)C(=O)N(C(=O)C(N)CC(C)C)c1ccc([N+](=O)[O-])cc1. The Hall–Kier alpha value is -2.17. The molecule has 2 atom stereocenters. The molecule has 1 rings (SSSR count). The van der Waals surface area contributed by atoms with E-state index in [9.17, 15) is 34.1 Å². The molecule has 0 saturated heterocycles. The van der Waals surface area contributed by atoms with Crippen LogP contribution in [0.2, 0.25) is 0 Å². The number of nitro groups is 1. The molecule has 0 heterocycles. The molecule has 1 aromatic carbocycles. The molecule has 4 N–H and O–H groups in total. The van der Waals surface area contributed by atoms with Gasteiger partial charge in [0.2, 0.25) is 0 Å². The number of phosphoric ester groups is 1. The average molecular weight is 445 g/mol. The molecular formula is C18H28N3O8P. The number of rotatable bonds is 11. The molecule has 0 bridgehead atoms. The van der Waals surface area contributed by atoms with Gasteiger partial charge in [0.25, 0.3) is 17.5 Å². The maximum Gasteiger partial charge on any atom is 0.470 e. The Morgan fingerprint density at radius 2 is 1.80 bits per heavy atom. The molecule has 168 valence electrons. The second kappa shape index (κ2) is 11.3. The number of nitrogens with two attached hydrogens (primary N) is 1. The van der Waals surface area contributed by atoms with E-state index >= 15 is 0 Å². The van der Waals surface area contributed by atoms with E-state index in [-0.39, 0.29) is 30.1 Å². The van der Waals surface area contributed by atoms with Gasteiger partial charge in [0.1, 0.15) is 6.10 Å². The average Bonchev–Trinajstić information content (AvgIpc) is 2.64. The Labute approximate surface area is 174 Å². The molecule has 2 unspecified atom stereocenters. The van der Waals surface area contributed by atoms with Gasteiger partial charge in [0.05, 0.1) is 16.7 Å². The third kappa shape index (κ3) is 7.92. The van der Waals surface area contributed by atoms with E-state index < -0.39 is 36.7 Å². The van der Waals surface area contributed by atoms with Crippen molar-refractivity contribution in [3.63, 3.8) is 0 Å².